The molecule has 110 valence electrons. The van der Waals surface area contributed by atoms with Crippen LogP contribution in [0.3, 0.4) is 0 Å². The van der Waals surface area contributed by atoms with Crippen molar-refractivity contribution in [2.45, 2.75) is 26.0 Å². The molecule has 2 amide bonds. The molecule has 0 saturated carbocycles. The molecule has 1 rings (SSSR count). The molecule has 0 heterocycles. The summed E-state index contributed by atoms with van der Waals surface area (Å²) in [5.41, 5.74) is 6.14. The van der Waals surface area contributed by atoms with Crippen LogP contribution in [0.25, 0.3) is 0 Å². The minimum Gasteiger partial charge on any atom is -0.372 e. The summed E-state index contributed by atoms with van der Waals surface area (Å²) in [5, 5.41) is 0. The average Bonchev–Trinajstić information content (AvgIpc) is 2.41. The van der Waals surface area contributed by atoms with Crippen LogP contribution >= 0.6 is 15.9 Å². The predicted molar refractivity (Wildman–Crippen MR) is 79.8 cm³/mol. The first-order valence-electron chi connectivity index (χ1n) is 6.32. The van der Waals surface area contributed by atoms with Gasteiger partial charge in [-0.2, -0.15) is 0 Å². The van der Waals surface area contributed by atoms with Gasteiger partial charge < -0.3 is 15.4 Å². The van der Waals surface area contributed by atoms with Crippen molar-refractivity contribution in [1.82, 2.24) is 4.90 Å². The number of methoxy groups -OCH3 is 1. The Bertz CT molecular complexity index is 458. The number of ether oxygens (including phenoxy) is 1. The molecule has 0 aliphatic carbocycles. The number of hydrogen-bond donors (Lipinski definition) is 1. The van der Waals surface area contributed by atoms with Gasteiger partial charge in [0.2, 0.25) is 5.91 Å². The Balaban J connectivity index is 2.85. The lowest BCUT2D eigenvalue weighted by molar-refractivity contribution is -0.145. The van der Waals surface area contributed by atoms with Gasteiger partial charge in [0, 0.05) is 18.1 Å². The van der Waals surface area contributed by atoms with E-state index in [0.717, 1.165) is 10.0 Å². The molecule has 2 N–H and O–H groups in total. The molecule has 1 unspecified atom stereocenters. The largest absolute Gasteiger partial charge is 0.372 e. The van der Waals surface area contributed by atoms with Crippen molar-refractivity contribution in [2.75, 3.05) is 13.7 Å². The zero-order valence-electron chi connectivity index (χ0n) is 11.6. The summed E-state index contributed by atoms with van der Waals surface area (Å²) in [6.07, 6.45) is -0.00455. The van der Waals surface area contributed by atoms with E-state index in [4.69, 9.17) is 10.5 Å². The lowest BCUT2D eigenvalue weighted by Gasteiger charge is -2.25. The molecule has 6 heteroatoms. The molecule has 5 nitrogen and oxygen atoms in total. The minimum absolute atomic E-state index is 0.116. The second-order valence-corrected chi connectivity index (χ2v) is 5.34. The fourth-order valence-electron chi connectivity index (χ4n) is 1.86. The molecule has 0 aliphatic rings. The Labute approximate surface area is 127 Å². The van der Waals surface area contributed by atoms with Crippen molar-refractivity contribution >= 4 is 27.7 Å². The number of carbonyl (C=O) groups is 2. The highest BCUT2D eigenvalue weighted by Crippen LogP contribution is 2.13. The minimum atomic E-state index is -0.551. The molecule has 20 heavy (non-hydrogen) atoms. The molecular formula is C14H19BrN2O3. The normalized spacial score (nSPS) is 11.9. The number of primary amides is 1. The first-order chi connectivity index (χ1) is 9.47. The van der Waals surface area contributed by atoms with Gasteiger partial charge in [0.15, 0.2) is 0 Å². The number of hydrogen-bond acceptors (Lipinski definition) is 3. The first kappa shape index (κ1) is 16.7. The highest BCUT2D eigenvalue weighted by molar-refractivity contribution is 9.10. The summed E-state index contributed by atoms with van der Waals surface area (Å²) in [4.78, 5) is 24.9. The van der Waals surface area contributed by atoms with Gasteiger partial charge in [-0.15, -0.1) is 0 Å². The molecule has 0 aliphatic heterocycles. The van der Waals surface area contributed by atoms with Gasteiger partial charge in [-0.3, -0.25) is 9.59 Å². The van der Waals surface area contributed by atoms with Gasteiger partial charge in [-0.25, -0.2) is 0 Å². The number of nitrogens with two attached hydrogens (primary N) is 1. The molecule has 0 radical (unpaired) electrons. The Hall–Kier alpha value is -1.40. The Kier molecular flexibility index (Phi) is 6.67. The van der Waals surface area contributed by atoms with Crippen LogP contribution in [-0.2, 0) is 20.9 Å². The van der Waals surface area contributed by atoms with E-state index in [1.165, 1.54) is 12.0 Å². The Morgan fingerprint density at radius 2 is 1.95 bits per heavy atom. The zero-order valence-corrected chi connectivity index (χ0v) is 13.2. The maximum atomic E-state index is 12.3. The monoisotopic (exact) mass is 342 g/mol. The quantitative estimate of drug-likeness (QED) is 0.819. The van der Waals surface area contributed by atoms with E-state index in [2.05, 4.69) is 15.9 Å². The Morgan fingerprint density at radius 1 is 1.35 bits per heavy atom. The molecule has 0 spiro atoms. The SMILES string of the molecule is CCC(OC)C(=O)N(CC(N)=O)Cc1ccc(Br)cc1. The maximum absolute atomic E-state index is 12.3. The van der Waals surface area contributed by atoms with Crippen LogP contribution in [0, 0.1) is 0 Å². The average molecular weight is 343 g/mol. The number of halogens is 1. The van der Waals surface area contributed by atoms with E-state index in [1.54, 1.807) is 0 Å². The van der Waals surface area contributed by atoms with E-state index in [-0.39, 0.29) is 12.5 Å². The summed E-state index contributed by atoms with van der Waals surface area (Å²) in [5.74, 6) is -0.766. The molecule has 0 aromatic heterocycles. The van der Waals surface area contributed by atoms with Crippen molar-refractivity contribution in [3.8, 4) is 0 Å². The third kappa shape index (κ3) is 4.94. The summed E-state index contributed by atoms with van der Waals surface area (Å²) < 4.78 is 6.09. The van der Waals surface area contributed by atoms with Crippen LogP contribution in [0.2, 0.25) is 0 Å². The van der Waals surface area contributed by atoms with Gasteiger partial charge in [0.1, 0.15) is 6.10 Å². The number of rotatable bonds is 7. The third-order valence-corrected chi connectivity index (χ3v) is 3.40. The first-order valence-corrected chi connectivity index (χ1v) is 7.11. The summed E-state index contributed by atoms with van der Waals surface area (Å²) in [6.45, 7) is 2.07. The standard InChI is InChI=1S/C14H19BrN2O3/c1-3-12(20-2)14(19)17(9-13(16)18)8-10-4-6-11(15)7-5-10/h4-7,12H,3,8-9H2,1-2H3,(H2,16,18). The maximum Gasteiger partial charge on any atom is 0.252 e. The summed E-state index contributed by atoms with van der Waals surface area (Å²) in [7, 11) is 1.48. The number of nitrogens with zero attached hydrogens (tertiary/aromatic N) is 1. The van der Waals surface area contributed by atoms with Gasteiger partial charge in [-0.1, -0.05) is 35.0 Å². The fourth-order valence-corrected chi connectivity index (χ4v) is 2.12. The zero-order chi connectivity index (χ0) is 15.1. The van der Waals surface area contributed by atoms with Gasteiger partial charge in [0.25, 0.3) is 5.91 Å². The van der Waals surface area contributed by atoms with Crippen LogP contribution in [0.5, 0.6) is 0 Å². The fraction of sp³-hybridized carbons (Fsp3) is 0.429. The lowest BCUT2D eigenvalue weighted by Crippen LogP contribution is -2.43. The second kappa shape index (κ2) is 8.01. The van der Waals surface area contributed by atoms with E-state index < -0.39 is 12.0 Å². The molecule has 0 bridgehead atoms. The van der Waals surface area contributed by atoms with Crippen molar-refractivity contribution in [2.24, 2.45) is 5.73 Å². The molecule has 1 aromatic rings. The van der Waals surface area contributed by atoms with Crippen LogP contribution < -0.4 is 5.73 Å². The van der Waals surface area contributed by atoms with Crippen LogP contribution in [-0.4, -0.2) is 36.5 Å². The summed E-state index contributed by atoms with van der Waals surface area (Å²) in [6, 6.07) is 7.55. The van der Waals surface area contributed by atoms with E-state index in [1.807, 2.05) is 31.2 Å². The number of carbonyl (C=O) groups excluding carboxylic acids is 2. The number of benzene rings is 1. The van der Waals surface area contributed by atoms with E-state index in [0.29, 0.717) is 13.0 Å². The van der Waals surface area contributed by atoms with Crippen LogP contribution in [0.1, 0.15) is 18.9 Å². The summed E-state index contributed by atoms with van der Waals surface area (Å²) >= 11 is 3.35. The molecule has 1 aromatic carbocycles. The van der Waals surface area contributed by atoms with Gasteiger partial charge >= 0.3 is 0 Å². The van der Waals surface area contributed by atoms with Crippen LogP contribution in [0.4, 0.5) is 0 Å². The third-order valence-electron chi connectivity index (χ3n) is 2.88. The van der Waals surface area contributed by atoms with Crippen molar-refractivity contribution in [3.05, 3.63) is 34.3 Å². The van der Waals surface area contributed by atoms with E-state index >= 15 is 0 Å². The second-order valence-electron chi connectivity index (χ2n) is 4.42. The van der Waals surface area contributed by atoms with E-state index in [9.17, 15) is 9.59 Å². The number of amides is 2. The lowest BCUT2D eigenvalue weighted by atomic mass is 10.2. The van der Waals surface area contributed by atoms with Crippen molar-refractivity contribution in [3.63, 3.8) is 0 Å². The van der Waals surface area contributed by atoms with Crippen molar-refractivity contribution in [1.29, 1.82) is 0 Å². The molecule has 0 saturated heterocycles. The Morgan fingerprint density at radius 3 is 2.40 bits per heavy atom. The highest BCUT2D eigenvalue weighted by Gasteiger charge is 2.24. The highest BCUT2D eigenvalue weighted by atomic mass is 79.9. The van der Waals surface area contributed by atoms with Crippen LogP contribution in [0.15, 0.2) is 28.7 Å². The topological polar surface area (TPSA) is 72.6 Å². The predicted octanol–water partition coefficient (Wildman–Crippen LogP) is 1.69. The van der Waals surface area contributed by atoms with Crippen molar-refractivity contribution < 1.29 is 14.3 Å². The molecular weight excluding hydrogens is 324 g/mol. The van der Waals surface area contributed by atoms with Gasteiger partial charge in [0.05, 0.1) is 6.54 Å². The molecule has 1 atom stereocenters. The molecule has 0 fully saturated rings. The van der Waals surface area contributed by atoms with Gasteiger partial charge in [-0.05, 0) is 24.1 Å². The smallest absolute Gasteiger partial charge is 0.252 e.